The minimum Gasteiger partial charge on any atom is -0.482 e. The lowest BCUT2D eigenvalue weighted by atomic mass is 10.3. The SMILES string of the molecule is O=C(COc1ccc(Br)cc1Cl)NCC(=O)N1CCCC1. The highest BCUT2D eigenvalue weighted by Crippen LogP contribution is 2.27. The van der Waals surface area contributed by atoms with E-state index in [9.17, 15) is 9.59 Å². The number of carbonyl (C=O) groups excluding carboxylic acids is 2. The van der Waals surface area contributed by atoms with Gasteiger partial charge in [-0.15, -0.1) is 0 Å². The molecule has 5 nitrogen and oxygen atoms in total. The molecule has 1 N–H and O–H groups in total. The second-order valence-electron chi connectivity index (χ2n) is 4.73. The first-order chi connectivity index (χ1) is 10.1. The number of hydrogen-bond acceptors (Lipinski definition) is 3. The molecule has 0 atom stereocenters. The van der Waals surface area contributed by atoms with Crippen LogP contribution in [0.3, 0.4) is 0 Å². The molecule has 1 aromatic rings. The Morgan fingerprint density at radius 1 is 1.33 bits per heavy atom. The van der Waals surface area contributed by atoms with E-state index in [-0.39, 0.29) is 25.0 Å². The first-order valence-electron chi connectivity index (χ1n) is 6.68. The molecule has 1 saturated heterocycles. The fourth-order valence-corrected chi connectivity index (χ4v) is 2.77. The summed E-state index contributed by atoms with van der Waals surface area (Å²) in [6.45, 7) is 1.39. The highest BCUT2D eigenvalue weighted by atomic mass is 79.9. The van der Waals surface area contributed by atoms with Crippen molar-refractivity contribution in [2.45, 2.75) is 12.8 Å². The van der Waals surface area contributed by atoms with Gasteiger partial charge in [-0.2, -0.15) is 0 Å². The maximum atomic E-state index is 11.8. The van der Waals surface area contributed by atoms with Gasteiger partial charge in [-0.05, 0) is 31.0 Å². The molecule has 2 amide bonds. The van der Waals surface area contributed by atoms with Gasteiger partial charge in [0.05, 0.1) is 11.6 Å². The maximum Gasteiger partial charge on any atom is 0.258 e. The molecule has 0 unspecified atom stereocenters. The van der Waals surface area contributed by atoms with Crippen LogP contribution >= 0.6 is 27.5 Å². The van der Waals surface area contributed by atoms with Crippen molar-refractivity contribution in [2.24, 2.45) is 0 Å². The van der Waals surface area contributed by atoms with Crippen LogP contribution in [0, 0.1) is 0 Å². The van der Waals surface area contributed by atoms with Crippen LogP contribution in [0.2, 0.25) is 5.02 Å². The van der Waals surface area contributed by atoms with Crippen LogP contribution in [0.5, 0.6) is 5.75 Å². The first kappa shape index (κ1) is 16.1. The zero-order valence-corrected chi connectivity index (χ0v) is 13.7. The highest BCUT2D eigenvalue weighted by molar-refractivity contribution is 9.10. The molecule has 1 aromatic carbocycles. The maximum absolute atomic E-state index is 11.8. The number of halogens is 2. The van der Waals surface area contributed by atoms with Crippen molar-refractivity contribution in [3.8, 4) is 5.75 Å². The summed E-state index contributed by atoms with van der Waals surface area (Å²) >= 11 is 9.27. The number of likely N-dealkylation sites (tertiary alicyclic amines) is 1. The van der Waals surface area contributed by atoms with Gasteiger partial charge < -0.3 is 15.0 Å². The Hall–Kier alpha value is -1.27. The van der Waals surface area contributed by atoms with Gasteiger partial charge >= 0.3 is 0 Å². The summed E-state index contributed by atoms with van der Waals surface area (Å²) in [5, 5.41) is 2.97. The minimum atomic E-state index is -0.346. The molecular weight excluding hydrogens is 360 g/mol. The molecule has 0 bridgehead atoms. The van der Waals surface area contributed by atoms with Crippen molar-refractivity contribution in [3.05, 3.63) is 27.7 Å². The van der Waals surface area contributed by atoms with Crippen molar-refractivity contribution < 1.29 is 14.3 Å². The Bertz CT molecular complexity index is 533. The van der Waals surface area contributed by atoms with Crippen LogP contribution in [-0.4, -0.2) is 43.0 Å². The Balaban J connectivity index is 1.73. The zero-order chi connectivity index (χ0) is 15.2. The molecule has 114 valence electrons. The van der Waals surface area contributed by atoms with Crippen LogP contribution in [0.1, 0.15) is 12.8 Å². The van der Waals surface area contributed by atoms with E-state index in [0.29, 0.717) is 10.8 Å². The van der Waals surface area contributed by atoms with Gasteiger partial charge in [0.15, 0.2) is 6.61 Å². The van der Waals surface area contributed by atoms with E-state index in [1.807, 2.05) is 0 Å². The smallest absolute Gasteiger partial charge is 0.258 e. The molecule has 1 fully saturated rings. The number of carbonyl (C=O) groups is 2. The van der Waals surface area contributed by atoms with Gasteiger partial charge in [0.2, 0.25) is 5.91 Å². The zero-order valence-electron chi connectivity index (χ0n) is 11.4. The molecule has 0 spiro atoms. The van der Waals surface area contributed by atoms with Gasteiger partial charge in [-0.3, -0.25) is 9.59 Å². The summed E-state index contributed by atoms with van der Waals surface area (Å²) in [5.41, 5.74) is 0. The standard InChI is InChI=1S/C14H16BrClN2O3/c15-10-3-4-12(11(16)7-10)21-9-13(19)17-8-14(20)18-5-1-2-6-18/h3-4,7H,1-2,5-6,8-9H2,(H,17,19). The average molecular weight is 376 g/mol. The second-order valence-corrected chi connectivity index (χ2v) is 6.05. The third-order valence-electron chi connectivity index (χ3n) is 3.15. The molecule has 1 aliphatic heterocycles. The molecule has 7 heteroatoms. The van der Waals surface area contributed by atoms with Crippen LogP contribution < -0.4 is 10.1 Å². The predicted molar refractivity (Wildman–Crippen MR) is 83.5 cm³/mol. The molecule has 21 heavy (non-hydrogen) atoms. The van der Waals surface area contributed by atoms with E-state index < -0.39 is 0 Å². The van der Waals surface area contributed by atoms with Crippen molar-refractivity contribution in [1.29, 1.82) is 0 Å². The molecular formula is C14H16BrClN2O3. The highest BCUT2D eigenvalue weighted by Gasteiger charge is 2.18. The van der Waals surface area contributed by atoms with E-state index in [0.717, 1.165) is 30.4 Å². The summed E-state index contributed by atoms with van der Waals surface area (Å²) < 4.78 is 6.16. The lowest BCUT2D eigenvalue weighted by molar-refractivity contribution is -0.132. The normalized spacial score (nSPS) is 14.1. The summed E-state index contributed by atoms with van der Waals surface area (Å²) in [7, 11) is 0. The van der Waals surface area contributed by atoms with Gasteiger partial charge in [-0.1, -0.05) is 27.5 Å². The third kappa shape index (κ3) is 4.89. The topological polar surface area (TPSA) is 58.6 Å². The Morgan fingerprint density at radius 2 is 2.05 bits per heavy atom. The molecule has 0 aromatic heterocycles. The number of nitrogens with one attached hydrogen (secondary N) is 1. The molecule has 0 saturated carbocycles. The lowest BCUT2D eigenvalue weighted by Gasteiger charge is -2.15. The van der Waals surface area contributed by atoms with E-state index in [4.69, 9.17) is 16.3 Å². The van der Waals surface area contributed by atoms with Crippen molar-refractivity contribution in [2.75, 3.05) is 26.2 Å². The summed E-state index contributed by atoms with van der Waals surface area (Å²) in [6.07, 6.45) is 2.07. The van der Waals surface area contributed by atoms with E-state index in [1.54, 1.807) is 23.1 Å². The van der Waals surface area contributed by atoms with Crippen LogP contribution in [0.25, 0.3) is 0 Å². The molecule has 0 aliphatic carbocycles. The summed E-state index contributed by atoms with van der Waals surface area (Å²) in [4.78, 5) is 25.2. The van der Waals surface area contributed by atoms with Crippen molar-refractivity contribution in [1.82, 2.24) is 10.2 Å². The van der Waals surface area contributed by atoms with Crippen LogP contribution in [0.15, 0.2) is 22.7 Å². The van der Waals surface area contributed by atoms with E-state index >= 15 is 0 Å². The number of hydrogen-bond donors (Lipinski definition) is 1. The minimum absolute atomic E-state index is 0.0102. The summed E-state index contributed by atoms with van der Waals surface area (Å²) in [5.74, 6) is 0.0324. The first-order valence-corrected chi connectivity index (χ1v) is 7.85. The quantitative estimate of drug-likeness (QED) is 0.858. The third-order valence-corrected chi connectivity index (χ3v) is 3.94. The van der Waals surface area contributed by atoms with Crippen molar-refractivity contribution >= 4 is 39.3 Å². The summed E-state index contributed by atoms with van der Waals surface area (Å²) in [6, 6.07) is 5.14. The number of amides is 2. The Kier molecular flexibility index (Phi) is 5.87. The Labute approximate surface area is 136 Å². The number of ether oxygens (including phenoxy) is 1. The van der Waals surface area contributed by atoms with Crippen LogP contribution in [-0.2, 0) is 9.59 Å². The van der Waals surface area contributed by atoms with E-state index in [1.165, 1.54) is 0 Å². The molecule has 2 rings (SSSR count). The number of rotatable bonds is 5. The lowest BCUT2D eigenvalue weighted by Crippen LogP contribution is -2.40. The largest absolute Gasteiger partial charge is 0.482 e. The fraction of sp³-hybridized carbons (Fsp3) is 0.429. The van der Waals surface area contributed by atoms with Gasteiger partial charge in [0.25, 0.3) is 5.91 Å². The molecule has 1 heterocycles. The monoisotopic (exact) mass is 374 g/mol. The predicted octanol–water partition coefficient (Wildman–Crippen LogP) is 2.22. The second kappa shape index (κ2) is 7.66. The van der Waals surface area contributed by atoms with Crippen molar-refractivity contribution in [3.63, 3.8) is 0 Å². The number of benzene rings is 1. The van der Waals surface area contributed by atoms with Crippen LogP contribution in [0.4, 0.5) is 0 Å². The number of nitrogens with zero attached hydrogens (tertiary/aromatic N) is 1. The van der Waals surface area contributed by atoms with Gasteiger partial charge in [0, 0.05) is 17.6 Å². The molecule has 0 radical (unpaired) electrons. The Morgan fingerprint density at radius 3 is 2.71 bits per heavy atom. The van der Waals surface area contributed by atoms with E-state index in [2.05, 4.69) is 21.2 Å². The fourth-order valence-electron chi connectivity index (χ4n) is 2.04. The molecule has 1 aliphatic rings. The average Bonchev–Trinajstić information content (AvgIpc) is 2.98. The van der Waals surface area contributed by atoms with Gasteiger partial charge in [-0.25, -0.2) is 0 Å². The van der Waals surface area contributed by atoms with Gasteiger partial charge in [0.1, 0.15) is 5.75 Å².